The Balaban J connectivity index is 1.47. The molecule has 40 heavy (non-hydrogen) atoms. The molecule has 3 N–H and O–H groups in total. The van der Waals surface area contributed by atoms with Crippen LogP contribution in [-0.4, -0.2) is 49.2 Å². The van der Waals surface area contributed by atoms with E-state index in [0.29, 0.717) is 24.5 Å². The first kappa shape index (κ1) is 27.1. The van der Waals surface area contributed by atoms with Crippen LogP contribution in [0.3, 0.4) is 0 Å². The summed E-state index contributed by atoms with van der Waals surface area (Å²) in [5.74, 6) is -0.559. The van der Waals surface area contributed by atoms with Gasteiger partial charge >= 0.3 is 6.18 Å². The molecule has 0 aliphatic carbocycles. The third kappa shape index (κ3) is 5.22. The van der Waals surface area contributed by atoms with Crippen LogP contribution in [-0.2, 0) is 11.0 Å². The van der Waals surface area contributed by atoms with Crippen LogP contribution in [0.4, 0.5) is 24.9 Å². The Morgan fingerprint density at radius 3 is 2.65 bits per heavy atom. The van der Waals surface area contributed by atoms with Crippen molar-refractivity contribution in [3.63, 3.8) is 0 Å². The van der Waals surface area contributed by atoms with E-state index in [1.807, 2.05) is 0 Å². The smallest absolute Gasteiger partial charge is 0.369 e. The summed E-state index contributed by atoms with van der Waals surface area (Å²) in [6, 6.07) is 7.92. The first-order valence-electron chi connectivity index (χ1n) is 12.3. The molecule has 1 saturated heterocycles. The Hall–Kier alpha value is -4.45. The number of imidazole rings is 1. The number of hydrogen-bond donors (Lipinski definition) is 2. The van der Waals surface area contributed by atoms with Gasteiger partial charge in [0.1, 0.15) is 11.6 Å². The van der Waals surface area contributed by atoms with Gasteiger partial charge in [-0.25, -0.2) is 15.0 Å². The molecule has 4 heterocycles. The lowest BCUT2D eigenvalue weighted by Crippen LogP contribution is -2.38. The first-order valence-corrected chi connectivity index (χ1v) is 12.6. The third-order valence-corrected chi connectivity index (χ3v) is 7.02. The number of nitrogens with zero attached hydrogens (tertiary/aromatic N) is 5. The van der Waals surface area contributed by atoms with Crippen LogP contribution in [0, 0.1) is 0 Å². The molecule has 1 atom stereocenters. The number of aromatic nitrogens is 4. The molecular weight excluding hydrogens is 547 g/mol. The number of piperidine rings is 1. The quantitative estimate of drug-likeness (QED) is 0.319. The SMILES string of the molecule is C=CC(=O)N1CCCC(c2nc(-c3ccc(C(=O)Nc4cc(C(F)(F)F)ccn4)c(Cl)c3)n3c(N)nccc23)C1. The molecule has 0 spiro atoms. The van der Waals surface area contributed by atoms with Crippen LogP contribution >= 0.6 is 11.6 Å². The Bertz CT molecular complexity index is 1640. The van der Waals surface area contributed by atoms with Crippen molar-refractivity contribution < 1.29 is 22.8 Å². The van der Waals surface area contributed by atoms with E-state index in [-0.39, 0.29) is 34.2 Å². The number of benzene rings is 1. The van der Waals surface area contributed by atoms with Crippen molar-refractivity contribution in [2.24, 2.45) is 0 Å². The number of halogens is 4. The number of pyridine rings is 1. The fourth-order valence-corrected chi connectivity index (χ4v) is 5.07. The second kappa shape index (κ2) is 10.6. The average molecular weight is 570 g/mol. The highest BCUT2D eigenvalue weighted by atomic mass is 35.5. The highest BCUT2D eigenvalue weighted by Gasteiger charge is 2.31. The molecule has 9 nitrogen and oxygen atoms in total. The third-order valence-electron chi connectivity index (χ3n) is 6.70. The van der Waals surface area contributed by atoms with E-state index in [1.54, 1.807) is 27.6 Å². The van der Waals surface area contributed by atoms with Crippen molar-refractivity contribution in [3.8, 4) is 11.4 Å². The summed E-state index contributed by atoms with van der Waals surface area (Å²) in [5.41, 5.74) is 7.33. The van der Waals surface area contributed by atoms with Crippen LogP contribution in [0.2, 0.25) is 5.02 Å². The maximum Gasteiger partial charge on any atom is 0.416 e. The van der Waals surface area contributed by atoms with Crippen molar-refractivity contribution in [1.82, 2.24) is 24.3 Å². The number of rotatable bonds is 5. The number of carbonyl (C=O) groups is 2. The Kier molecular flexibility index (Phi) is 7.19. The molecule has 1 aromatic carbocycles. The van der Waals surface area contributed by atoms with E-state index in [1.165, 1.54) is 18.2 Å². The normalized spacial score (nSPS) is 15.7. The summed E-state index contributed by atoms with van der Waals surface area (Å²) < 4.78 is 40.8. The monoisotopic (exact) mass is 569 g/mol. The van der Waals surface area contributed by atoms with Crippen molar-refractivity contribution in [1.29, 1.82) is 0 Å². The van der Waals surface area contributed by atoms with E-state index in [9.17, 15) is 22.8 Å². The second-order valence-electron chi connectivity index (χ2n) is 9.25. The molecule has 0 saturated carbocycles. The van der Waals surface area contributed by atoms with Gasteiger partial charge in [0, 0.05) is 37.0 Å². The van der Waals surface area contributed by atoms with Crippen LogP contribution in [0.25, 0.3) is 16.9 Å². The minimum atomic E-state index is -4.58. The van der Waals surface area contributed by atoms with E-state index in [0.717, 1.165) is 42.4 Å². The molecule has 1 fully saturated rings. The molecule has 1 aliphatic rings. The van der Waals surface area contributed by atoms with Gasteiger partial charge in [0.2, 0.25) is 11.9 Å². The highest BCUT2D eigenvalue weighted by molar-refractivity contribution is 6.34. The average Bonchev–Trinajstić information content (AvgIpc) is 3.33. The zero-order valence-corrected chi connectivity index (χ0v) is 21.7. The van der Waals surface area contributed by atoms with E-state index in [2.05, 4.69) is 21.9 Å². The Morgan fingerprint density at radius 2 is 1.93 bits per heavy atom. The maximum absolute atomic E-state index is 13.0. The number of nitrogen functional groups attached to an aromatic ring is 1. The fourth-order valence-electron chi connectivity index (χ4n) is 4.80. The van der Waals surface area contributed by atoms with Crippen LogP contribution in [0.15, 0.2) is 61.4 Å². The minimum Gasteiger partial charge on any atom is -0.369 e. The minimum absolute atomic E-state index is 0.0303. The number of carbonyl (C=O) groups excluding carboxylic acids is 2. The second-order valence-corrected chi connectivity index (χ2v) is 9.66. The van der Waals surface area contributed by atoms with Gasteiger partial charge in [-0.1, -0.05) is 24.2 Å². The van der Waals surface area contributed by atoms with Crippen molar-refractivity contribution in [2.45, 2.75) is 24.9 Å². The Labute approximate surface area is 231 Å². The van der Waals surface area contributed by atoms with Gasteiger partial charge in [0.05, 0.1) is 27.4 Å². The molecular formula is C27H23ClF3N7O2. The highest BCUT2D eigenvalue weighted by Crippen LogP contribution is 2.35. The number of hydrogen-bond acceptors (Lipinski definition) is 6. The van der Waals surface area contributed by atoms with E-state index >= 15 is 0 Å². The fraction of sp³-hybridized carbons (Fsp3) is 0.222. The van der Waals surface area contributed by atoms with Gasteiger partial charge in [-0.2, -0.15) is 13.2 Å². The van der Waals surface area contributed by atoms with Crippen LogP contribution in [0.5, 0.6) is 0 Å². The van der Waals surface area contributed by atoms with E-state index < -0.39 is 17.6 Å². The maximum atomic E-state index is 13.0. The summed E-state index contributed by atoms with van der Waals surface area (Å²) in [5, 5.41) is 2.39. The number of anilines is 2. The van der Waals surface area contributed by atoms with Crippen LogP contribution in [0.1, 0.15) is 40.4 Å². The van der Waals surface area contributed by atoms with E-state index in [4.69, 9.17) is 22.3 Å². The summed E-state index contributed by atoms with van der Waals surface area (Å²) in [7, 11) is 0. The molecule has 5 rings (SSSR count). The lowest BCUT2D eigenvalue weighted by molar-refractivity contribution is -0.137. The van der Waals surface area contributed by atoms with Gasteiger partial charge in [-0.05, 0) is 49.2 Å². The van der Waals surface area contributed by atoms with Crippen molar-refractivity contribution >= 4 is 40.7 Å². The van der Waals surface area contributed by atoms with Crippen molar-refractivity contribution in [3.05, 3.63) is 83.3 Å². The topological polar surface area (TPSA) is 119 Å². The molecule has 2 amide bonds. The number of alkyl halides is 3. The molecule has 1 unspecified atom stereocenters. The zero-order chi connectivity index (χ0) is 28.6. The summed E-state index contributed by atoms with van der Waals surface area (Å²) >= 11 is 6.46. The summed E-state index contributed by atoms with van der Waals surface area (Å²) in [6.07, 6.45) is 0.873. The van der Waals surface area contributed by atoms with Gasteiger partial charge < -0.3 is 16.0 Å². The zero-order valence-electron chi connectivity index (χ0n) is 21.0. The molecule has 0 radical (unpaired) electrons. The van der Waals surface area contributed by atoms with Gasteiger partial charge in [0.15, 0.2) is 0 Å². The number of fused-ring (bicyclic) bond motifs is 1. The lowest BCUT2D eigenvalue weighted by Gasteiger charge is -2.31. The summed E-state index contributed by atoms with van der Waals surface area (Å²) in [6.45, 7) is 4.69. The van der Waals surface area contributed by atoms with Gasteiger partial charge in [0.25, 0.3) is 5.91 Å². The first-order chi connectivity index (χ1) is 19.1. The number of amides is 2. The van der Waals surface area contributed by atoms with Gasteiger partial charge in [-0.3, -0.25) is 14.0 Å². The number of nitrogens with two attached hydrogens (primary N) is 1. The standard InChI is InChI=1S/C27H23ClF3N7O2/c1-2-22(39)37-11-3-4-16(14-37)23-20-8-10-34-26(32)38(20)24(36-23)15-5-6-18(19(28)12-15)25(40)35-21-13-17(7-9-33-21)27(29,30)31/h2,5-10,12-13,16H,1,3-4,11,14H2,(H2,32,34)(H,33,35,40). The molecule has 3 aromatic heterocycles. The van der Waals surface area contributed by atoms with Gasteiger partial charge in [-0.15, -0.1) is 0 Å². The Morgan fingerprint density at radius 1 is 1.15 bits per heavy atom. The molecule has 206 valence electrons. The summed E-state index contributed by atoms with van der Waals surface area (Å²) in [4.78, 5) is 39.7. The van der Waals surface area contributed by atoms with Crippen LogP contribution < -0.4 is 11.1 Å². The molecule has 4 aromatic rings. The predicted molar refractivity (Wildman–Crippen MR) is 144 cm³/mol. The van der Waals surface area contributed by atoms with Crippen molar-refractivity contribution in [2.75, 3.05) is 24.1 Å². The largest absolute Gasteiger partial charge is 0.416 e. The number of nitrogens with one attached hydrogen (secondary N) is 1. The number of likely N-dealkylation sites (tertiary alicyclic amines) is 1. The molecule has 0 bridgehead atoms. The predicted octanol–water partition coefficient (Wildman–Crippen LogP) is 5.19. The molecule has 1 aliphatic heterocycles. The lowest BCUT2D eigenvalue weighted by atomic mass is 9.94. The molecule has 13 heteroatoms.